The van der Waals surface area contributed by atoms with Gasteiger partial charge >= 0.3 is 0 Å². The average Bonchev–Trinajstić information content (AvgIpc) is 2.46. The van der Waals surface area contributed by atoms with Gasteiger partial charge in [-0.2, -0.15) is 0 Å². The van der Waals surface area contributed by atoms with Crippen molar-refractivity contribution in [1.29, 1.82) is 0 Å². The number of unbranched alkanes of at least 4 members (excludes halogenated alkanes) is 1. The molecule has 0 saturated heterocycles. The molecular weight excluding hydrogens is 277 g/mol. The fourth-order valence-electron chi connectivity index (χ4n) is 2.59. The van der Waals surface area contributed by atoms with Gasteiger partial charge in [-0.3, -0.25) is 4.90 Å². The molecule has 2 rings (SSSR count). The highest BCUT2D eigenvalue weighted by Crippen LogP contribution is 2.27. The molecule has 0 amide bonds. The van der Waals surface area contributed by atoms with Crippen LogP contribution in [-0.2, 0) is 0 Å². The normalized spacial score (nSPS) is 19.4. The van der Waals surface area contributed by atoms with Crippen LogP contribution in [0.1, 0.15) is 25.3 Å². The molecule has 112 valence electrons. The van der Waals surface area contributed by atoms with Crippen molar-refractivity contribution in [3.05, 3.63) is 41.7 Å². The standard InChI is InChI=1S/C16H22FNO.ClH/c1-2-3-9-18-10-8-16(14(11-18)12-19)13-4-6-15(17)7-5-13;/h4-8,14,19H,2-3,9-12H2,1H3;1H. The molecule has 1 aliphatic rings. The first-order valence-electron chi connectivity index (χ1n) is 7.03. The Kier molecular flexibility index (Phi) is 7.20. The van der Waals surface area contributed by atoms with E-state index in [0.29, 0.717) is 0 Å². The fourth-order valence-corrected chi connectivity index (χ4v) is 2.59. The number of nitrogens with zero attached hydrogens (tertiary/aromatic N) is 1. The maximum absolute atomic E-state index is 13.0. The lowest BCUT2D eigenvalue weighted by molar-refractivity contribution is 0.192. The predicted octanol–water partition coefficient (Wildman–Crippen LogP) is 3.36. The summed E-state index contributed by atoms with van der Waals surface area (Å²) in [6, 6.07) is 6.55. The molecule has 0 saturated carbocycles. The van der Waals surface area contributed by atoms with Crippen molar-refractivity contribution in [2.75, 3.05) is 26.2 Å². The molecule has 0 aromatic heterocycles. The van der Waals surface area contributed by atoms with E-state index >= 15 is 0 Å². The number of rotatable bonds is 5. The first-order valence-corrected chi connectivity index (χ1v) is 7.03. The Bertz CT molecular complexity index is 433. The highest BCUT2D eigenvalue weighted by Gasteiger charge is 2.22. The smallest absolute Gasteiger partial charge is 0.123 e. The number of hydrogen-bond donors (Lipinski definition) is 1. The van der Waals surface area contributed by atoms with Crippen LogP contribution < -0.4 is 0 Å². The lowest BCUT2D eigenvalue weighted by atomic mass is 9.89. The third kappa shape index (κ3) is 4.30. The molecule has 1 aromatic carbocycles. The Hall–Kier alpha value is -0.900. The van der Waals surface area contributed by atoms with Crippen LogP contribution in [0.15, 0.2) is 30.3 Å². The summed E-state index contributed by atoms with van der Waals surface area (Å²) < 4.78 is 13.0. The third-order valence-corrected chi connectivity index (χ3v) is 3.71. The van der Waals surface area contributed by atoms with Gasteiger partial charge in [0.05, 0.1) is 6.61 Å². The maximum atomic E-state index is 13.0. The molecule has 1 aliphatic heterocycles. The third-order valence-electron chi connectivity index (χ3n) is 3.71. The predicted molar refractivity (Wildman–Crippen MR) is 83.5 cm³/mol. The van der Waals surface area contributed by atoms with E-state index in [2.05, 4.69) is 17.9 Å². The summed E-state index contributed by atoms with van der Waals surface area (Å²) in [7, 11) is 0. The summed E-state index contributed by atoms with van der Waals surface area (Å²) in [6.45, 7) is 5.22. The summed E-state index contributed by atoms with van der Waals surface area (Å²) in [5.41, 5.74) is 2.17. The minimum absolute atomic E-state index is 0. The molecule has 1 atom stereocenters. The second-order valence-electron chi connectivity index (χ2n) is 5.16. The highest BCUT2D eigenvalue weighted by atomic mass is 35.5. The van der Waals surface area contributed by atoms with Crippen LogP contribution in [0.25, 0.3) is 5.57 Å². The van der Waals surface area contributed by atoms with Crippen molar-refractivity contribution in [2.24, 2.45) is 5.92 Å². The Labute approximate surface area is 126 Å². The lowest BCUT2D eigenvalue weighted by Gasteiger charge is -2.32. The van der Waals surface area contributed by atoms with E-state index in [1.807, 2.05) is 0 Å². The zero-order chi connectivity index (χ0) is 13.7. The largest absolute Gasteiger partial charge is 0.396 e. The molecule has 0 bridgehead atoms. The van der Waals surface area contributed by atoms with Crippen molar-refractivity contribution in [2.45, 2.75) is 19.8 Å². The van der Waals surface area contributed by atoms with Gasteiger partial charge in [-0.15, -0.1) is 12.4 Å². The lowest BCUT2D eigenvalue weighted by Crippen LogP contribution is -2.36. The van der Waals surface area contributed by atoms with E-state index in [0.717, 1.165) is 30.8 Å². The van der Waals surface area contributed by atoms with Gasteiger partial charge in [-0.25, -0.2) is 4.39 Å². The van der Waals surface area contributed by atoms with Gasteiger partial charge in [0.25, 0.3) is 0 Å². The molecule has 20 heavy (non-hydrogen) atoms. The summed E-state index contributed by atoms with van der Waals surface area (Å²) in [4.78, 5) is 2.37. The molecule has 1 aromatic rings. The summed E-state index contributed by atoms with van der Waals surface area (Å²) >= 11 is 0. The topological polar surface area (TPSA) is 23.5 Å². The number of aliphatic hydroxyl groups is 1. The van der Waals surface area contributed by atoms with Crippen molar-refractivity contribution in [1.82, 2.24) is 4.90 Å². The molecule has 0 fully saturated rings. The van der Waals surface area contributed by atoms with Gasteiger partial charge < -0.3 is 5.11 Å². The van der Waals surface area contributed by atoms with Gasteiger partial charge in [-0.05, 0) is 36.2 Å². The molecule has 0 radical (unpaired) electrons. The maximum Gasteiger partial charge on any atom is 0.123 e. The summed E-state index contributed by atoms with van der Waals surface area (Å²) in [5.74, 6) is -0.0821. The Morgan fingerprint density at radius 3 is 2.60 bits per heavy atom. The molecule has 0 aliphatic carbocycles. The molecule has 1 unspecified atom stereocenters. The van der Waals surface area contributed by atoms with Crippen molar-refractivity contribution in [3.8, 4) is 0 Å². The number of aliphatic hydroxyl groups excluding tert-OH is 1. The van der Waals surface area contributed by atoms with Crippen molar-refractivity contribution < 1.29 is 9.50 Å². The van der Waals surface area contributed by atoms with E-state index < -0.39 is 0 Å². The van der Waals surface area contributed by atoms with Crippen LogP contribution in [-0.4, -0.2) is 36.2 Å². The van der Waals surface area contributed by atoms with E-state index in [1.54, 1.807) is 12.1 Å². The molecular formula is C16H23ClFNO. The minimum atomic E-state index is -0.217. The van der Waals surface area contributed by atoms with E-state index in [4.69, 9.17) is 0 Å². The van der Waals surface area contributed by atoms with Crippen molar-refractivity contribution >= 4 is 18.0 Å². The SMILES string of the molecule is CCCCN1CC=C(c2ccc(F)cc2)C(CO)C1.Cl. The van der Waals surface area contributed by atoms with Crippen LogP contribution in [0.5, 0.6) is 0 Å². The van der Waals surface area contributed by atoms with Crippen LogP contribution in [0, 0.1) is 11.7 Å². The first-order chi connectivity index (χ1) is 9.24. The Morgan fingerprint density at radius 2 is 2.00 bits per heavy atom. The van der Waals surface area contributed by atoms with Crippen LogP contribution >= 0.6 is 12.4 Å². The van der Waals surface area contributed by atoms with Crippen LogP contribution in [0.3, 0.4) is 0 Å². The number of benzene rings is 1. The quantitative estimate of drug-likeness (QED) is 0.901. The fraction of sp³-hybridized carbons (Fsp3) is 0.500. The second kappa shape index (κ2) is 8.40. The summed E-state index contributed by atoms with van der Waals surface area (Å²) in [5, 5.41) is 9.58. The molecule has 4 heteroatoms. The molecule has 1 heterocycles. The van der Waals surface area contributed by atoms with Gasteiger partial charge in [0.15, 0.2) is 0 Å². The second-order valence-corrected chi connectivity index (χ2v) is 5.16. The van der Waals surface area contributed by atoms with Gasteiger partial charge in [0.1, 0.15) is 5.82 Å². The molecule has 1 N–H and O–H groups in total. The monoisotopic (exact) mass is 299 g/mol. The van der Waals surface area contributed by atoms with Crippen LogP contribution in [0.4, 0.5) is 4.39 Å². The highest BCUT2D eigenvalue weighted by molar-refractivity contribution is 5.85. The zero-order valence-corrected chi connectivity index (χ0v) is 12.7. The minimum Gasteiger partial charge on any atom is -0.396 e. The Balaban J connectivity index is 0.00000200. The van der Waals surface area contributed by atoms with E-state index in [1.165, 1.54) is 25.0 Å². The van der Waals surface area contributed by atoms with Crippen LogP contribution in [0.2, 0.25) is 0 Å². The van der Waals surface area contributed by atoms with Gasteiger partial charge in [-0.1, -0.05) is 31.6 Å². The van der Waals surface area contributed by atoms with Gasteiger partial charge in [0, 0.05) is 19.0 Å². The molecule has 0 spiro atoms. The number of halogens is 2. The summed E-state index contributed by atoms with van der Waals surface area (Å²) in [6.07, 6.45) is 4.56. The van der Waals surface area contributed by atoms with E-state index in [-0.39, 0.29) is 30.7 Å². The Morgan fingerprint density at radius 1 is 1.30 bits per heavy atom. The zero-order valence-electron chi connectivity index (χ0n) is 11.9. The van der Waals surface area contributed by atoms with Crippen molar-refractivity contribution in [3.63, 3.8) is 0 Å². The van der Waals surface area contributed by atoms with Gasteiger partial charge in [0.2, 0.25) is 0 Å². The number of hydrogen-bond acceptors (Lipinski definition) is 2. The average molecular weight is 300 g/mol. The molecule has 2 nitrogen and oxygen atoms in total. The van der Waals surface area contributed by atoms with E-state index in [9.17, 15) is 9.50 Å². The first kappa shape index (κ1) is 17.2.